The molecule has 0 unspecified atom stereocenters. The molecule has 8 heteroatoms. The van der Waals surface area contributed by atoms with Crippen LogP contribution < -0.4 is 11.1 Å². The third-order valence-electron chi connectivity index (χ3n) is 3.10. The minimum atomic E-state index is -0.244. The highest BCUT2D eigenvalue weighted by Crippen LogP contribution is 2.21. The molecule has 0 spiro atoms. The molecule has 1 atom stereocenters. The van der Waals surface area contributed by atoms with Crippen LogP contribution >= 0.6 is 24.2 Å². The van der Waals surface area contributed by atoms with Crippen LogP contribution in [0, 0.1) is 0 Å². The van der Waals surface area contributed by atoms with Crippen LogP contribution in [0.3, 0.4) is 0 Å². The standard InChI is InChI=1S/C14H17N3O3S.ClH/c1-9(6-15)16-13(19)11-4-2-3-10(5-11)7-17-12(18)8-21-14(17)20;/h2-5,9H,6-8,15H2,1H3,(H,16,19);1H/t9-;/m0./s1. The summed E-state index contributed by atoms with van der Waals surface area (Å²) >= 11 is 0.999. The summed E-state index contributed by atoms with van der Waals surface area (Å²) in [6.45, 7) is 2.37. The van der Waals surface area contributed by atoms with E-state index in [-0.39, 0.29) is 47.8 Å². The van der Waals surface area contributed by atoms with Crippen molar-refractivity contribution >= 4 is 41.2 Å². The van der Waals surface area contributed by atoms with Crippen molar-refractivity contribution in [1.82, 2.24) is 10.2 Å². The molecule has 1 aliphatic rings. The van der Waals surface area contributed by atoms with Crippen molar-refractivity contribution in [2.45, 2.75) is 19.5 Å². The summed E-state index contributed by atoms with van der Waals surface area (Å²) in [4.78, 5) is 36.4. The second-order valence-corrected chi connectivity index (χ2v) is 5.77. The summed E-state index contributed by atoms with van der Waals surface area (Å²) < 4.78 is 0. The van der Waals surface area contributed by atoms with Crippen LogP contribution in [0.4, 0.5) is 4.79 Å². The molecule has 0 radical (unpaired) electrons. The maximum Gasteiger partial charge on any atom is 0.289 e. The SMILES string of the molecule is C[C@@H](CN)NC(=O)c1cccc(CN2C(=O)CSC2=O)c1.Cl. The number of rotatable bonds is 5. The van der Waals surface area contributed by atoms with Crippen LogP contribution in [-0.2, 0) is 11.3 Å². The van der Waals surface area contributed by atoms with E-state index in [1.54, 1.807) is 24.3 Å². The summed E-state index contributed by atoms with van der Waals surface area (Å²) in [5, 5.41) is 2.52. The topological polar surface area (TPSA) is 92.5 Å². The summed E-state index contributed by atoms with van der Waals surface area (Å²) in [7, 11) is 0. The van der Waals surface area contributed by atoms with Crippen molar-refractivity contribution in [3.8, 4) is 0 Å². The van der Waals surface area contributed by atoms with Crippen LogP contribution in [0.1, 0.15) is 22.8 Å². The molecule has 1 heterocycles. The fourth-order valence-electron chi connectivity index (χ4n) is 1.89. The zero-order valence-electron chi connectivity index (χ0n) is 12.1. The molecule has 1 fully saturated rings. The number of amides is 3. The predicted molar refractivity (Wildman–Crippen MR) is 88.1 cm³/mol. The van der Waals surface area contributed by atoms with Gasteiger partial charge in [0.05, 0.1) is 12.3 Å². The van der Waals surface area contributed by atoms with Crippen molar-refractivity contribution in [2.75, 3.05) is 12.3 Å². The average molecular weight is 344 g/mol. The Labute approximate surface area is 139 Å². The second kappa shape index (κ2) is 8.17. The van der Waals surface area contributed by atoms with Gasteiger partial charge in [-0.05, 0) is 24.6 Å². The molecular formula is C14H18ClN3O3S. The number of nitrogens with two attached hydrogens (primary N) is 1. The lowest BCUT2D eigenvalue weighted by Gasteiger charge is -2.14. The molecule has 0 bridgehead atoms. The summed E-state index contributed by atoms with van der Waals surface area (Å²) in [5.74, 6) is -0.229. The molecule has 1 aliphatic heterocycles. The molecule has 0 aliphatic carbocycles. The maximum absolute atomic E-state index is 12.0. The van der Waals surface area contributed by atoms with Gasteiger partial charge in [0.25, 0.3) is 11.1 Å². The lowest BCUT2D eigenvalue weighted by atomic mass is 10.1. The monoisotopic (exact) mass is 343 g/mol. The van der Waals surface area contributed by atoms with Gasteiger partial charge in [0.2, 0.25) is 5.91 Å². The minimum Gasteiger partial charge on any atom is -0.348 e. The Morgan fingerprint density at radius 3 is 2.77 bits per heavy atom. The third kappa shape index (κ3) is 4.46. The first-order valence-corrected chi connectivity index (χ1v) is 7.57. The number of hydrogen-bond acceptors (Lipinski definition) is 5. The molecule has 1 aromatic rings. The number of hydrogen-bond donors (Lipinski definition) is 2. The molecule has 2 rings (SSSR count). The molecule has 0 aromatic heterocycles. The summed E-state index contributed by atoms with van der Waals surface area (Å²) in [6, 6.07) is 6.77. The number of imide groups is 1. The Morgan fingerprint density at radius 1 is 1.45 bits per heavy atom. The molecule has 1 saturated heterocycles. The third-order valence-corrected chi connectivity index (χ3v) is 3.96. The second-order valence-electron chi connectivity index (χ2n) is 4.85. The largest absolute Gasteiger partial charge is 0.348 e. The van der Waals surface area contributed by atoms with E-state index in [2.05, 4.69) is 5.32 Å². The molecular weight excluding hydrogens is 326 g/mol. The van der Waals surface area contributed by atoms with Crippen molar-refractivity contribution in [2.24, 2.45) is 5.73 Å². The van der Waals surface area contributed by atoms with Gasteiger partial charge < -0.3 is 11.1 Å². The first-order valence-electron chi connectivity index (χ1n) is 6.58. The highest BCUT2D eigenvalue weighted by molar-refractivity contribution is 8.14. The van der Waals surface area contributed by atoms with Crippen molar-refractivity contribution in [3.05, 3.63) is 35.4 Å². The van der Waals surface area contributed by atoms with E-state index in [1.165, 1.54) is 4.90 Å². The van der Waals surface area contributed by atoms with Crippen LogP contribution in [0.2, 0.25) is 0 Å². The van der Waals surface area contributed by atoms with Crippen LogP contribution in [-0.4, -0.2) is 40.3 Å². The molecule has 22 heavy (non-hydrogen) atoms. The lowest BCUT2D eigenvalue weighted by Crippen LogP contribution is -2.37. The van der Waals surface area contributed by atoms with Crippen molar-refractivity contribution in [1.29, 1.82) is 0 Å². The molecule has 6 nitrogen and oxygen atoms in total. The Kier molecular flexibility index (Phi) is 6.86. The molecule has 3 N–H and O–H groups in total. The fourth-order valence-corrected chi connectivity index (χ4v) is 2.62. The van der Waals surface area contributed by atoms with E-state index >= 15 is 0 Å². The minimum absolute atomic E-state index is 0. The van der Waals surface area contributed by atoms with Gasteiger partial charge in [0.1, 0.15) is 0 Å². The first kappa shape index (κ1) is 18.5. The van der Waals surface area contributed by atoms with Gasteiger partial charge in [-0.15, -0.1) is 12.4 Å². The zero-order chi connectivity index (χ0) is 15.4. The predicted octanol–water partition coefficient (Wildman–Crippen LogP) is 1.38. The fraction of sp³-hybridized carbons (Fsp3) is 0.357. The lowest BCUT2D eigenvalue weighted by molar-refractivity contribution is -0.125. The highest BCUT2D eigenvalue weighted by Gasteiger charge is 2.29. The van der Waals surface area contributed by atoms with Gasteiger partial charge in [-0.25, -0.2) is 0 Å². The van der Waals surface area contributed by atoms with Crippen LogP contribution in [0.5, 0.6) is 0 Å². The molecule has 3 amide bonds. The van der Waals surface area contributed by atoms with Gasteiger partial charge in [0.15, 0.2) is 0 Å². The Hall–Kier alpha value is -1.57. The van der Waals surface area contributed by atoms with Gasteiger partial charge >= 0.3 is 0 Å². The van der Waals surface area contributed by atoms with E-state index in [1.807, 2.05) is 6.92 Å². The molecule has 120 valence electrons. The Balaban J connectivity index is 0.00000242. The average Bonchev–Trinajstić information content (AvgIpc) is 2.79. The van der Waals surface area contributed by atoms with Crippen LogP contribution in [0.25, 0.3) is 0 Å². The molecule has 0 saturated carbocycles. The van der Waals surface area contributed by atoms with E-state index in [9.17, 15) is 14.4 Å². The maximum atomic E-state index is 12.0. The van der Waals surface area contributed by atoms with E-state index < -0.39 is 0 Å². The number of halogens is 1. The van der Waals surface area contributed by atoms with E-state index in [0.29, 0.717) is 12.1 Å². The Bertz CT molecular complexity index is 566. The normalized spacial score (nSPS) is 15.5. The van der Waals surface area contributed by atoms with E-state index in [0.717, 1.165) is 17.3 Å². The first-order chi connectivity index (χ1) is 10.0. The summed E-state index contributed by atoms with van der Waals surface area (Å²) in [6.07, 6.45) is 0. The number of benzene rings is 1. The smallest absolute Gasteiger partial charge is 0.289 e. The quantitative estimate of drug-likeness (QED) is 0.842. The molecule has 1 aromatic carbocycles. The number of carbonyl (C=O) groups is 3. The van der Waals surface area contributed by atoms with Gasteiger partial charge in [0, 0.05) is 18.2 Å². The number of nitrogens with one attached hydrogen (secondary N) is 1. The van der Waals surface area contributed by atoms with Gasteiger partial charge in [-0.2, -0.15) is 0 Å². The van der Waals surface area contributed by atoms with Crippen LogP contribution in [0.15, 0.2) is 24.3 Å². The van der Waals surface area contributed by atoms with E-state index in [4.69, 9.17) is 5.73 Å². The van der Waals surface area contributed by atoms with Gasteiger partial charge in [-0.3, -0.25) is 19.3 Å². The number of thioether (sulfide) groups is 1. The highest BCUT2D eigenvalue weighted by atomic mass is 35.5. The zero-order valence-corrected chi connectivity index (χ0v) is 13.7. The number of nitrogens with zero attached hydrogens (tertiary/aromatic N) is 1. The number of carbonyl (C=O) groups excluding carboxylic acids is 3. The van der Waals surface area contributed by atoms with Crippen molar-refractivity contribution < 1.29 is 14.4 Å². The Morgan fingerprint density at radius 2 is 2.18 bits per heavy atom. The van der Waals surface area contributed by atoms with Crippen molar-refractivity contribution in [3.63, 3.8) is 0 Å². The summed E-state index contributed by atoms with van der Waals surface area (Å²) in [5.41, 5.74) is 6.70. The van der Waals surface area contributed by atoms with Gasteiger partial charge in [-0.1, -0.05) is 23.9 Å².